The third-order valence-corrected chi connectivity index (χ3v) is 3.65. The topological polar surface area (TPSA) is 9.23 Å². The lowest BCUT2D eigenvalue weighted by atomic mass is 10.1. The molecule has 106 valence electrons. The van der Waals surface area contributed by atoms with Gasteiger partial charge >= 0.3 is 0 Å². The number of benzene rings is 3. The first-order valence-electron chi connectivity index (χ1n) is 6.84. The maximum atomic E-state index is 4.96. The Bertz CT molecular complexity index is 571. The predicted octanol–water partition coefficient (Wildman–Crippen LogP) is 4.91. The molecular formula is C19H19OP. The van der Waals surface area contributed by atoms with E-state index >= 15 is 0 Å². The van der Waals surface area contributed by atoms with Gasteiger partial charge in [0.05, 0.1) is 0 Å². The molecule has 1 unspecified atom stereocenters. The van der Waals surface area contributed by atoms with Crippen LogP contribution >= 0.6 is 8.81 Å². The molecule has 0 heterocycles. The van der Waals surface area contributed by atoms with Crippen molar-refractivity contribution < 1.29 is 4.52 Å². The van der Waals surface area contributed by atoms with Gasteiger partial charge in [-0.05, 0) is 16.4 Å². The molecule has 0 N–H and O–H groups in total. The van der Waals surface area contributed by atoms with Crippen molar-refractivity contribution in [3.63, 3.8) is 0 Å². The van der Waals surface area contributed by atoms with E-state index in [0.717, 1.165) is 0 Å². The summed E-state index contributed by atoms with van der Waals surface area (Å²) in [7, 11) is 2.20. The monoisotopic (exact) mass is 294 g/mol. The van der Waals surface area contributed by atoms with Crippen molar-refractivity contribution in [1.82, 2.24) is 0 Å². The average Bonchev–Trinajstić information content (AvgIpc) is 2.58. The summed E-state index contributed by atoms with van der Waals surface area (Å²) in [4.78, 5) is 0. The van der Waals surface area contributed by atoms with Crippen molar-refractivity contribution in [1.29, 1.82) is 0 Å². The van der Waals surface area contributed by atoms with Gasteiger partial charge in [-0.2, -0.15) is 0 Å². The van der Waals surface area contributed by atoms with Crippen molar-refractivity contribution in [3.8, 4) is 11.1 Å². The highest BCUT2D eigenvalue weighted by molar-refractivity contribution is 7.41. The fraction of sp³-hybridized carbons (Fsp3) is 0.0526. The molecule has 0 aliphatic heterocycles. The second-order valence-corrected chi connectivity index (χ2v) is 5.59. The first kappa shape index (κ1) is 15.4. The Morgan fingerprint density at radius 1 is 0.571 bits per heavy atom. The van der Waals surface area contributed by atoms with E-state index in [9.17, 15) is 0 Å². The van der Waals surface area contributed by atoms with Gasteiger partial charge in [0, 0.05) is 15.9 Å². The smallest absolute Gasteiger partial charge is 0.0456 e. The summed E-state index contributed by atoms with van der Waals surface area (Å²) in [5.74, 6) is 0. The number of rotatable bonds is 3. The Balaban J connectivity index is 0.000000161. The molecule has 0 aliphatic carbocycles. The minimum atomic E-state index is 0.487. The molecule has 3 rings (SSSR count). The highest BCUT2D eigenvalue weighted by Gasteiger charge is 1.91. The van der Waals surface area contributed by atoms with E-state index in [2.05, 4.69) is 60.7 Å². The van der Waals surface area contributed by atoms with Gasteiger partial charge in [-0.3, -0.25) is 0 Å². The van der Waals surface area contributed by atoms with Gasteiger partial charge in [0.1, 0.15) is 0 Å². The largest absolute Gasteiger partial charge is 0.361 e. The van der Waals surface area contributed by atoms with Crippen LogP contribution in [0, 0.1) is 0 Å². The Morgan fingerprint density at radius 3 is 1.33 bits per heavy atom. The zero-order valence-corrected chi connectivity index (χ0v) is 13.1. The van der Waals surface area contributed by atoms with E-state index in [0.29, 0.717) is 8.81 Å². The van der Waals surface area contributed by atoms with Crippen molar-refractivity contribution in [2.24, 2.45) is 0 Å². The second kappa shape index (κ2) is 9.07. The van der Waals surface area contributed by atoms with E-state index in [1.54, 1.807) is 7.11 Å². The second-order valence-electron chi connectivity index (χ2n) is 4.40. The Kier molecular flexibility index (Phi) is 6.67. The fourth-order valence-electron chi connectivity index (χ4n) is 1.89. The molecule has 0 saturated heterocycles. The van der Waals surface area contributed by atoms with Crippen molar-refractivity contribution in [2.45, 2.75) is 0 Å². The summed E-state index contributed by atoms with van der Waals surface area (Å²) in [6, 6.07) is 30.9. The van der Waals surface area contributed by atoms with Crippen molar-refractivity contribution >= 4 is 14.1 Å². The number of hydrogen-bond donors (Lipinski definition) is 0. The quantitative estimate of drug-likeness (QED) is 0.624. The van der Waals surface area contributed by atoms with Crippen LogP contribution in [0.5, 0.6) is 0 Å². The molecule has 21 heavy (non-hydrogen) atoms. The van der Waals surface area contributed by atoms with Crippen LogP contribution in [0.25, 0.3) is 11.1 Å². The molecular weight excluding hydrogens is 275 g/mol. The van der Waals surface area contributed by atoms with Crippen LogP contribution in [0.2, 0.25) is 0 Å². The molecule has 0 aliphatic rings. The molecule has 0 saturated carbocycles. The normalized spacial score (nSPS) is 10.1. The molecule has 0 fully saturated rings. The third-order valence-electron chi connectivity index (χ3n) is 2.87. The Hall–Kier alpha value is -1.95. The van der Waals surface area contributed by atoms with E-state index in [1.807, 2.05) is 30.3 Å². The summed E-state index contributed by atoms with van der Waals surface area (Å²) in [5, 5.41) is 1.25. The standard InChI is InChI=1S/C12H10.C7H9OP/c1-3-7-11(8-4-1)12-9-5-2-6-10-12;1-8-9-7-5-3-2-4-6-7/h1-10H;2-6,9H,1H3. The molecule has 3 aromatic carbocycles. The van der Waals surface area contributed by atoms with Crippen molar-refractivity contribution in [2.75, 3.05) is 7.11 Å². The van der Waals surface area contributed by atoms with Crippen LogP contribution in [0.4, 0.5) is 0 Å². The van der Waals surface area contributed by atoms with Crippen LogP contribution in [0.3, 0.4) is 0 Å². The van der Waals surface area contributed by atoms with E-state index in [4.69, 9.17) is 4.52 Å². The zero-order valence-electron chi connectivity index (χ0n) is 12.1. The zero-order chi connectivity index (χ0) is 14.8. The fourth-order valence-corrected chi connectivity index (χ4v) is 2.45. The van der Waals surface area contributed by atoms with Gasteiger partial charge in [-0.25, -0.2) is 0 Å². The van der Waals surface area contributed by atoms with Gasteiger partial charge in [0.25, 0.3) is 0 Å². The van der Waals surface area contributed by atoms with Crippen LogP contribution < -0.4 is 5.30 Å². The van der Waals surface area contributed by atoms with Gasteiger partial charge in [0.15, 0.2) is 0 Å². The predicted molar refractivity (Wildman–Crippen MR) is 93.3 cm³/mol. The molecule has 0 spiro atoms. The maximum absolute atomic E-state index is 4.96. The minimum absolute atomic E-state index is 0.487. The SMILES string of the molecule is COPc1ccccc1.c1ccc(-c2ccccc2)cc1. The lowest BCUT2D eigenvalue weighted by Crippen LogP contribution is -1.90. The molecule has 0 amide bonds. The molecule has 1 atom stereocenters. The van der Waals surface area contributed by atoms with Crippen LogP contribution in [-0.2, 0) is 4.52 Å². The lowest BCUT2D eigenvalue weighted by Gasteiger charge is -1.98. The molecule has 3 aromatic rings. The van der Waals surface area contributed by atoms with Crippen molar-refractivity contribution in [3.05, 3.63) is 91.0 Å². The highest BCUT2D eigenvalue weighted by atomic mass is 31.1. The summed E-state index contributed by atoms with van der Waals surface area (Å²) in [5.41, 5.74) is 2.55. The molecule has 1 nitrogen and oxygen atoms in total. The first-order chi connectivity index (χ1) is 10.4. The van der Waals surface area contributed by atoms with E-state index in [-0.39, 0.29) is 0 Å². The van der Waals surface area contributed by atoms with E-state index in [1.165, 1.54) is 16.4 Å². The molecule has 0 radical (unpaired) electrons. The van der Waals surface area contributed by atoms with Gasteiger partial charge in [-0.15, -0.1) is 0 Å². The minimum Gasteiger partial charge on any atom is -0.361 e. The number of hydrogen-bond acceptors (Lipinski definition) is 1. The summed E-state index contributed by atoms with van der Waals surface area (Å²) in [6.07, 6.45) is 0. The van der Waals surface area contributed by atoms with E-state index < -0.39 is 0 Å². The van der Waals surface area contributed by atoms with Crippen LogP contribution in [0.1, 0.15) is 0 Å². The molecule has 2 heteroatoms. The summed E-state index contributed by atoms with van der Waals surface area (Å²) >= 11 is 0. The highest BCUT2D eigenvalue weighted by Crippen LogP contribution is 2.17. The molecule has 0 bridgehead atoms. The van der Waals surface area contributed by atoms with Gasteiger partial charge in [-0.1, -0.05) is 91.0 Å². The Morgan fingerprint density at radius 2 is 0.952 bits per heavy atom. The summed E-state index contributed by atoms with van der Waals surface area (Å²) < 4.78 is 4.96. The lowest BCUT2D eigenvalue weighted by molar-refractivity contribution is 0.481. The Labute approximate surface area is 128 Å². The molecule has 0 aromatic heterocycles. The average molecular weight is 294 g/mol. The van der Waals surface area contributed by atoms with Gasteiger partial charge < -0.3 is 4.52 Å². The maximum Gasteiger partial charge on any atom is 0.0456 e. The third kappa shape index (κ3) is 5.51. The van der Waals surface area contributed by atoms with Crippen LogP contribution in [0.15, 0.2) is 91.0 Å². The van der Waals surface area contributed by atoms with Gasteiger partial charge in [0.2, 0.25) is 0 Å². The first-order valence-corrected chi connectivity index (χ1v) is 7.75. The van der Waals surface area contributed by atoms with Crippen LogP contribution in [-0.4, -0.2) is 7.11 Å². The summed E-state index contributed by atoms with van der Waals surface area (Å²) in [6.45, 7) is 0.